The zero-order chi connectivity index (χ0) is 27.2. The zero-order valence-electron chi connectivity index (χ0n) is 20.0. The third kappa shape index (κ3) is 4.62. The van der Waals surface area contributed by atoms with E-state index in [1.807, 2.05) is 0 Å². The molecule has 16 heteroatoms. The standard InChI is InChI=1S/C21H26F4N6O5S/c1-28(2)21(33)29-7-8-31(13(10-29)20(32)27-34)37(35,36)30-5-3-11(4-6-30)12-9-26-19-14(12)15(22)16(23)17(24)18(19)25/h9,11,13,26,34H,3-8,10H2,1-2H3,(H,27,32). The van der Waals surface area contributed by atoms with Gasteiger partial charge in [-0.25, -0.2) is 27.8 Å². The molecular weight excluding hydrogens is 524 g/mol. The number of amides is 3. The van der Waals surface area contributed by atoms with E-state index in [2.05, 4.69) is 4.98 Å². The predicted octanol–water partition coefficient (Wildman–Crippen LogP) is 1.32. The number of carbonyl (C=O) groups excluding carboxylic acids is 2. The number of rotatable bonds is 4. The number of aromatic amines is 1. The van der Waals surface area contributed by atoms with Crippen molar-refractivity contribution in [3.05, 3.63) is 35.0 Å². The van der Waals surface area contributed by atoms with Crippen LogP contribution in [0.4, 0.5) is 22.4 Å². The first kappa shape index (κ1) is 27.1. The van der Waals surface area contributed by atoms with Gasteiger partial charge in [0.05, 0.1) is 5.52 Å². The number of aromatic nitrogens is 1. The van der Waals surface area contributed by atoms with Gasteiger partial charge in [-0.3, -0.25) is 10.0 Å². The predicted molar refractivity (Wildman–Crippen MR) is 122 cm³/mol. The van der Waals surface area contributed by atoms with E-state index in [0.717, 1.165) is 8.61 Å². The van der Waals surface area contributed by atoms with Gasteiger partial charge in [-0.05, 0) is 24.3 Å². The van der Waals surface area contributed by atoms with E-state index in [9.17, 15) is 35.6 Å². The first-order valence-electron chi connectivity index (χ1n) is 11.4. The van der Waals surface area contributed by atoms with Crippen molar-refractivity contribution in [3.63, 3.8) is 0 Å². The summed E-state index contributed by atoms with van der Waals surface area (Å²) in [6.45, 7) is -0.571. The Labute approximate surface area is 209 Å². The van der Waals surface area contributed by atoms with Crippen LogP contribution in [0.5, 0.6) is 0 Å². The number of piperazine rings is 1. The molecule has 1 unspecified atom stereocenters. The highest BCUT2D eigenvalue weighted by atomic mass is 32.2. The number of urea groups is 1. The van der Waals surface area contributed by atoms with E-state index in [1.165, 1.54) is 35.6 Å². The summed E-state index contributed by atoms with van der Waals surface area (Å²) >= 11 is 0. The summed E-state index contributed by atoms with van der Waals surface area (Å²) in [7, 11) is -1.21. The Bertz CT molecular complexity index is 1330. The van der Waals surface area contributed by atoms with Gasteiger partial charge in [0.15, 0.2) is 23.3 Å². The van der Waals surface area contributed by atoms with Crippen molar-refractivity contribution >= 4 is 33.1 Å². The molecule has 0 bridgehead atoms. The molecule has 0 saturated carbocycles. The van der Waals surface area contributed by atoms with Gasteiger partial charge >= 0.3 is 6.03 Å². The van der Waals surface area contributed by atoms with E-state index in [-0.39, 0.29) is 51.1 Å². The van der Waals surface area contributed by atoms with Crippen LogP contribution in [-0.2, 0) is 15.0 Å². The Kier molecular flexibility index (Phi) is 7.38. The SMILES string of the molecule is CN(C)C(=O)N1CCN(S(=O)(=O)N2CCC(c3c[nH]c4c(F)c(F)c(F)c(F)c34)CC2)C(C(=O)NO)C1. The van der Waals surface area contributed by atoms with E-state index in [0.29, 0.717) is 0 Å². The van der Waals surface area contributed by atoms with Crippen molar-refractivity contribution in [2.45, 2.75) is 24.8 Å². The topological polar surface area (TPSA) is 129 Å². The minimum atomic E-state index is -4.23. The molecular formula is C21H26F4N6O5S. The molecule has 2 saturated heterocycles. The second-order valence-electron chi connectivity index (χ2n) is 9.16. The molecule has 2 fully saturated rings. The van der Waals surface area contributed by atoms with Crippen LogP contribution in [0.2, 0.25) is 0 Å². The zero-order valence-corrected chi connectivity index (χ0v) is 20.8. The van der Waals surface area contributed by atoms with Crippen LogP contribution < -0.4 is 5.48 Å². The van der Waals surface area contributed by atoms with E-state index in [4.69, 9.17) is 5.21 Å². The molecule has 0 aliphatic carbocycles. The minimum Gasteiger partial charge on any atom is -0.358 e. The highest BCUT2D eigenvalue weighted by Gasteiger charge is 2.44. The molecule has 0 radical (unpaired) electrons. The van der Waals surface area contributed by atoms with Gasteiger partial charge in [-0.15, -0.1) is 0 Å². The van der Waals surface area contributed by atoms with Crippen molar-refractivity contribution in [1.29, 1.82) is 0 Å². The average Bonchev–Trinajstić information content (AvgIpc) is 3.35. The van der Waals surface area contributed by atoms with Gasteiger partial charge < -0.3 is 14.8 Å². The number of halogens is 4. The fourth-order valence-electron chi connectivity index (χ4n) is 4.92. The number of carbonyl (C=O) groups is 2. The summed E-state index contributed by atoms with van der Waals surface area (Å²) in [6, 6.07) is -1.80. The summed E-state index contributed by atoms with van der Waals surface area (Å²) in [5.41, 5.74) is 1.14. The largest absolute Gasteiger partial charge is 0.358 e. The average molecular weight is 551 g/mol. The monoisotopic (exact) mass is 550 g/mol. The van der Waals surface area contributed by atoms with E-state index >= 15 is 0 Å². The van der Waals surface area contributed by atoms with Gasteiger partial charge in [0.1, 0.15) is 6.04 Å². The van der Waals surface area contributed by atoms with Crippen LogP contribution in [0.15, 0.2) is 6.20 Å². The van der Waals surface area contributed by atoms with Crippen LogP contribution in [0.3, 0.4) is 0 Å². The lowest BCUT2D eigenvalue weighted by atomic mass is 9.90. The maximum atomic E-state index is 14.5. The van der Waals surface area contributed by atoms with Gasteiger partial charge in [-0.1, -0.05) is 0 Å². The minimum absolute atomic E-state index is 0.0181. The number of nitrogens with zero attached hydrogens (tertiary/aromatic N) is 4. The Morgan fingerprint density at radius 2 is 1.65 bits per heavy atom. The summed E-state index contributed by atoms with van der Waals surface area (Å²) < 4.78 is 85.0. The lowest BCUT2D eigenvalue weighted by molar-refractivity contribution is -0.134. The summed E-state index contributed by atoms with van der Waals surface area (Å²) in [6.07, 6.45) is 1.57. The number of hydrogen-bond donors (Lipinski definition) is 3. The van der Waals surface area contributed by atoms with Crippen molar-refractivity contribution < 1.29 is 40.8 Å². The molecule has 1 aromatic heterocycles. The molecule has 37 heavy (non-hydrogen) atoms. The Morgan fingerprint density at radius 3 is 2.24 bits per heavy atom. The normalized spacial score (nSPS) is 20.4. The molecule has 204 valence electrons. The molecule has 2 aliphatic heterocycles. The molecule has 11 nitrogen and oxygen atoms in total. The first-order chi connectivity index (χ1) is 17.4. The molecule has 2 aliphatic rings. The summed E-state index contributed by atoms with van der Waals surface area (Å²) in [5, 5.41) is 8.74. The van der Waals surface area contributed by atoms with Gasteiger partial charge in [0.25, 0.3) is 16.1 Å². The van der Waals surface area contributed by atoms with Gasteiger partial charge in [0.2, 0.25) is 0 Å². The number of nitrogens with one attached hydrogen (secondary N) is 2. The lowest BCUT2D eigenvalue weighted by Crippen LogP contribution is -2.64. The number of H-pyrrole nitrogens is 1. The molecule has 4 rings (SSSR count). The quantitative estimate of drug-likeness (QED) is 0.174. The molecule has 1 aromatic carbocycles. The number of piperidine rings is 1. The Morgan fingerprint density at radius 1 is 1.03 bits per heavy atom. The molecule has 3 amide bonds. The number of fused-ring (bicyclic) bond motifs is 1. The maximum Gasteiger partial charge on any atom is 0.319 e. The molecule has 3 heterocycles. The van der Waals surface area contributed by atoms with Gasteiger partial charge in [0, 0.05) is 58.4 Å². The van der Waals surface area contributed by atoms with Crippen molar-refractivity contribution in [3.8, 4) is 0 Å². The van der Waals surface area contributed by atoms with Crippen LogP contribution in [0.1, 0.15) is 24.3 Å². The van der Waals surface area contributed by atoms with E-state index in [1.54, 1.807) is 0 Å². The van der Waals surface area contributed by atoms with Crippen LogP contribution >= 0.6 is 0 Å². The number of benzene rings is 1. The summed E-state index contributed by atoms with van der Waals surface area (Å²) in [5.74, 6) is -8.40. The first-order valence-corrected chi connectivity index (χ1v) is 12.8. The highest BCUT2D eigenvalue weighted by Crippen LogP contribution is 2.37. The summed E-state index contributed by atoms with van der Waals surface area (Å²) in [4.78, 5) is 29.7. The molecule has 2 aromatic rings. The van der Waals surface area contributed by atoms with Crippen LogP contribution in [-0.4, -0.2) is 102 Å². The van der Waals surface area contributed by atoms with Crippen molar-refractivity contribution in [1.82, 2.24) is 28.9 Å². The fraction of sp³-hybridized carbons (Fsp3) is 0.524. The maximum absolute atomic E-state index is 14.5. The smallest absolute Gasteiger partial charge is 0.319 e. The van der Waals surface area contributed by atoms with Crippen LogP contribution in [0.25, 0.3) is 10.9 Å². The fourth-order valence-corrected chi connectivity index (χ4v) is 6.68. The number of hydrogen-bond acceptors (Lipinski definition) is 5. The lowest BCUT2D eigenvalue weighted by Gasteiger charge is -2.42. The van der Waals surface area contributed by atoms with Crippen molar-refractivity contribution in [2.75, 3.05) is 46.8 Å². The second kappa shape index (κ2) is 10.1. The van der Waals surface area contributed by atoms with Crippen molar-refractivity contribution in [2.24, 2.45) is 0 Å². The number of hydroxylamine groups is 1. The molecule has 0 spiro atoms. The molecule has 1 atom stereocenters. The van der Waals surface area contributed by atoms with Crippen LogP contribution in [0, 0.1) is 23.3 Å². The second-order valence-corrected chi connectivity index (χ2v) is 11.0. The highest BCUT2D eigenvalue weighted by molar-refractivity contribution is 7.86. The molecule has 3 N–H and O–H groups in total. The third-order valence-corrected chi connectivity index (χ3v) is 8.89. The van der Waals surface area contributed by atoms with E-state index < -0.39 is 68.3 Å². The van der Waals surface area contributed by atoms with Gasteiger partial charge in [-0.2, -0.15) is 17.0 Å². The Hall–Kier alpha value is -2.95. The third-order valence-electron chi connectivity index (χ3n) is 6.84. The Balaban J connectivity index is 1.53.